The van der Waals surface area contributed by atoms with Crippen LogP contribution in [0.25, 0.3) is 5.76 Å². The number of thiazole rings is 1. The Balaban J connectivity index is 1.68. The Hall–Kier alpha value is -4.38. The van der Waals surface area contributed by atoms with Gasteiger partial charge in [-0.2, -0.15) is 0 Å². The van der Waals surface area contributed by atoms with E-state index in [0.29, 0.717) is 65.6 Å². The van der Waals surface area contributed by atoms with Crippen molar-refractivity contribution in [1.82, 2.24) is 4.98 Å². The van der Waals surface area contributed by atoms with Crippen molar-refractivity contribution >= 4 is 39.7 Å². The second-order valence-corrected chi connectivity index (χ2v) is 10.8. The predicted octanol–water partition coefficient (Wildman–Crippen LogP) is 5.63. The van der Waals surface area contributed by atoms with Gasteiger partial charge in [-0.1, -0.05) is 30.7 Å². The first-order valence-corrected chi connectivity index (χ1v) is 14.7. The van der Waals surface area contributed by atoms with Crippen LogP contribution in [0.5, 0.6) is 23.0 Å². The molecule has 1 amide bonds. The molecule has 1 fully saturated rings. The number of benzene rings is 2. The third-order valence-electron chi connectivity index (χ3n) is 6.91. The highest BCUT2D eigenvalue weighted by Gasteiger charge is 2.48. The number of hydrogen-bond donors (Lipinski definition) is 1. The molecule has 0 unspecified atom stereocenters. The molecule has 10 nitrogen and oxygen atoms in total. The standard InChI is InChI=1S/C31H32N2O8S/c1-5-7-12-39-21-10-8-19(15-23(21)38-6-2)26-25(27(35)20-9-11-22-24(16-20)41-14-13-40-22)28(36)30(37)33(26)31-32-17(3)29(42-31)18(4)34/h8-11,15-16,26,35H,5-7,12-14H2,1-4H3/b27-25+/t26-/m0/s1. The number of rotatable bonds is 10. The minimum Gasteiger partial charge on any atom is -0.507 e. The lowest BCUT2D eigenvalue weighted by atomic mass is 9.95. The number of aliphatic hydroxyl groups is 1. The van der Waals surface area contributed by atoms with E-state index in [1.54, 1.807) is 43.3 Å². The van der Waals surface area contributed by atoms with Crippen LogP contribution in [0.3, 0.4) is 0 Å². The second-order valence-electron chi connectivity index (χ2n) is 9.84. The average Bonchev–Trinajstić information content (AvgIpc) is 3.49. The summed E-state index contributed by atoms with van der Waals surface area (Å²) < 4.78 is 23.1. The third kappa shape index (κ3) is 5.44. The molecule has 2 aromatic carbocycles. The number of aromatic nitrogens is 1. The molecular weight excluding hydrogens is 560 g/mol. The SMILES string of the molecule is CCCCOc1ccc([C@H]2/C(=C(\O)c3ccc4c(c3)OCCO4)C(=O)C(=O)N2c2nc(C)c(C(C)=O)s2)cc1OCC. The normalized spacial score (nSPS) is 17.4. The first-order valence-electron chi connectivity index (χ1n) is 13.8. The van der Waals surface area contributed by atoms with E-state index < -0.39 is 17.7 Å². The van der Waals surface area contributed by atoms with Crippen LogP contribution in [0, 0.1) is 6.92 Å². The smallest absolute Gasteiger partial charge is 0.301 e. The molecule has 3 aromatic rings. The topological polar surface area (TPSA) is 124 Å². The van der Waals surface area contributed by atoms with Crippen LogP contribution >= 0.6 is 11.3 Å². The van der Waals surface area contributed by atoms with Crippen LogP contribution in [0.1, 0.15) is 66.1 Å². The highest BCUT2D eigenvalue weighted by Crippen LogP contribution is 2.46. The molecule has 42 heavy (non-hydrogen) atoms. The highest BCUT2D eigenvalue weighted by molar-refractivity contribution is 7.18. The Kier molecular flexibility index (Phi) is 8.49. The predicted molar refractivity (Wildman–Crippen MR) is 157 cm³/mol. The van der Waals surface area contributed by atoms with Gasteiger partial charge in [0.2, 0.25) is 0 Å². The molecule has 11 heteroatoms. The summed E-state index contributed by atoms with van der Waals surface area (Å²) in [5.41, 5.74) is 1.10. The fourth-order valence-electron chi connectivity index (χ4n) is 4.91. The maximum Gasteiger partial charge on any atom is 0.301 e. The van der Waals surface area contributed by atoms with E-state index in [-0.39, 0.29) is 27.8 Å². The van der Waals surface area contributed by atoms with E-state index in [2.05, 4.69) is 11.9 Å². The maximum absolute atomic E-state index is 13.6. The fraction of sp³-hybridized carbons (Fsp3) is 0.355. The van der Waals surface area contributed by atoms with Crippen molar-refractivity contribution in [3.63, 3.8) is 0 Å². The van der Waals surface area contributed by atoms with Gasteiger partial charge in [-0.05, 0) is 56.2 Å². The molecule has 3 heterocycles. The van der Waals surface area contributed by atoms with Gasteiger partial charge in [-0.25, -0.2) is 4.98 Å². The molecule has 0 radical (unpaired) electrons. The molecule has 0 aliphatic carbocycles. The number of ketones is 2. The van der Waals surface area contributed by atoms with Crippen LogP contribution < -0.4 is 23.8 Å². The van der Waals surface area contributed by atoms with Crippen molar-refractivity contribution in [2.24, 2.45) is 0 Å². The molecule has 0 bridgehead atoms. The minimum atomic E-state index is -1.06. The van der Waals surface area contributed by atoms with Crippen LogP contribution in [-0.2, 0) is 9.59 Å². The third-order valence-corrected chi connectivity index (χ3v) is 8.17. The van der Waals surface area contributed by atoms with Crippen molar-refractivity contribution in [2.75, 3.05) is 31.3 Å². The van der Waals surface area contributed by atoms with Crippen LogP contribution in [0.15, 0.2) is 42.0 Å². The number of hydrogen-bond acceptors (Lipinski definition) is 10. The Bertz CT molecular complexity index is 1580. The number of unbranched alkanes of at least 4 members (excludes halogenated alkanes) is 1. The number of Topliss-reactive ketones (excluding diaryl/α,β-unsaturated/α-hetero) is 2. The van der Waals surface area contributed by atoms with E-state index in [9.17, 15) is 19.5 Å². The Morgan fingerprint density at radius 1 is 1.07 bits per heavy atom. The summed E-state index contributed by atoms with van der Waals surface area (Å²) in [6.07, 6.45) is 1.83. The lowest BCUT2D eigenvalue weighted by molar-refractivity contribution is -0.132. The molecule has 0 spiro atoms. The van der Waals surface area contributed by atoms with E-state index in [0.717, 1.165) is 24.2 Å². The lowest BCUT2D eigenvalue weighted by Crippen LogP contribution is -2.29. The van der Waals surface area contributed by atoms with E-state index in [4.69, 9.17) is 18.9 Å². The lowest BCUT2D eigenvalue weighted by Gasteiger charge is -2.24. The molecule has 1 N–H and O–H groups in total. The van der Waals surface area contributed by atoms with Crippen molar-refractivity contribution < 1.29 is 38.4 Å². The van der Waals surface area contributed by atoms with Crippen molar-refractivity contribution in [3.8, 4) is 23.0 Å². The number of ether oxygens (including phenoxy) is 4. The fourth-order valence-corrected chi connectivity index (χ4v) is 5.90. The van der Waals surface area contributed by atoms with E-state index in [1.807, 2.05) is 6.92 Å². The summed E-state index contributed by atoms with van der Waals surface area (Å²) in [6.45, 7) is 8.62. The number of carbonyl (C=O) groups is 3. The van der Waals surface area contributed by atoms with Gasteiger partial charge in [0.15, 0.2) is 33.9 Å². The zero-order valence-electron chi connectivity index (χ0n) is 23.9. The largest absolute Gasteiger partial charge is 0.507 e. The van der Waals surface area contributed by atoms with Crippen LogP contribution in [-0.4, -0.2) is 54.0 Å². The minimum absolute atomic E-state index is 0.129. The van der Waals surface area contributed by atoms with Crippen molar-refractivity contribution in [3.05, 3.63) is 63.7 Å². The van der Waals surface area contributed by atoms with Gasteiger partial charge in [-0.3, -0.25) is 19.3 Å². The monoisotopic (exact) mass is 592 g/mol. The quantitative estimate of drug-likeness (QED) is 0.105. The summed E-state index contributed by atoms with van der Waals surface area (Å²) in [5.74, 6) is -0.422. The van der Waals surface area contributed by atoms with E-state index >= 15 is 0 Å². The Labute approximate surface area is 247 Å². The molecule has 1 saturated heterocycles. The highest BCUT2D eigenvalue weighted by atomic mass is 32.1. The van der Waals surface area contributed by atoms with Crippen molar-refractivity contribution in [1.29, 1.82) is 0 Å². The van der Waals surface area contributed by atoms with Crippen LogP contribution in [0.4, 0.5) is 5.13 Å². The zero-order chi connectivity index (χ0) is 30.0. The van der Waals surface area contributed by atoms with E-state index in [1.165, 1.54) is 11.8 Å². The number of aliphatic hydroxyl groups excluding tert-OH is 1. The van der Waals surface area contributed by atoms with Crippen LogP contribution in [0.2, 0.25) is 0 Å². The molecule has 2 aliphatic heterocycles. The number of carbonyl (C=O) groups excluding carboxylic acids is 3. The molecule has 5 rings (SSSR count). The Morgan fingerprint density at radius 2 is 1.83 bits per heavy atom. The van der Waals surface area contributed by atoms with Gasteiger partial charge in [0.05, 0.1) is 35.4 Å². The number of fused-ring (bicyclic) bond motifs is 1. The van der Waals surface area contributed by atoms with Gasteiger partial charge in [-0.15, -0.1) is 0 Å². The van der Waals surface area contributed by atoms with Crippen molar-refractivity contribution in [2.45, 2.75) is 46.6 Å². The zero-order valence-corrected chi connectivity index (χ0v) is 24.7. The second kappa shape index (κ2) is 12.2. The summed E-state index contributed by atoms with van der Waals surface area (Å²) in [6, 6.07) is 8.93. The first kappa shape index (κ1) is 29.1. The van der Waals surface area contributed by atoms with Gasteiger partial charge in [0, 0.05) is 12.5 Å². The van der Waals surface area contributed by atoms with Gasteiger partial charge >= 0.3 is 5.91 Å². The van der Waals surface area contributed by atoms with Gasteiger partial charge < -0.3 is 24.1 Å². The molecule has 1 atom stereocenters. The molecule has 2 aliphatic rings. The average molecular weight is 593 g/mol. The summed E-state index contributed by atoms with van der Waals surface area (Å²) in [4.78, 5) is 45.6. The van der Waals surface area contributed by atoms with Gasteiger partial charge in [0.1, 0.15) is 19.0 Å². The number of amides is 1. The first-order chi connectivity index (χ1) is 20.2. The Morgan fingerprint density at radius 3 is 2.52 bits per heavy atom. The summed E-state index contributed by atoms with van der Waals surface area (Å²) >= 11 is 1.02. The summed E-state index contributed by atoms with van der Waals surface area (Å²) in [7, 11) is 0. The number of anilines is 1. The summed E-state index contributed by atoms with van der Waals surface area (Å²) in [5, 5.41) is 11.8. The molecule has 220 valence electrons. The number of nitrogens with zero attached hydrogens (tertiary/aromatic N) is 2. The molecular formula is C31H32N2O8S. The molecule has 1 aromatic heterocycles. The molecule has 0 saturated carbocycles. The maximum atomic E-state index is 13.6. The number of aryl methyl sites for hydroxylation is 1. The van der Waals surface area contributed by atoms with Gasteiger partial charge in [0.25, 0.3) is 5.78 Å².